The van der Waals surface area contributed by atoms with E-state index in [4.69, 9.17) is 0 Å². The summed E-state index contributed by atoms with van der Waals surface area (Å²) < 4.78 is 13.3. The Kier molecular flexibility index (Phi) is 4.87. The van der Waals surface area contributed by atoms with Crippen molar-refractivity contribution in [3.8, 4) is 0 Å². The Labute approximate surface area is 101 Å². The van der Waals surface area contributed by atoms with Crippen molar-refractivity contribution in [3.05, 3.63) is 24.1 Å². The van der Waals surface area contributed by atoms with Gasteiger partial charge in [-0.2, -0.15) is 0 Å². The maximum atomic E-state index is 13.3. The maximum absolute atomic E-state index is 13.3. The second-order valence-corrected chi connectivity index (χ2v) is 4.34. The molecule has 0 spiro atoms. The number of hydrogen-bond donors (Lipinski definition) is 2. The highest BCUT2D eigenvalue weighted by molar-refractivity contribution is 5.83. The molecule has 94 valence electrons. The van der Waals surface area contributed by atoms with Crippen molar-refractivity contribution >= 4 is 11.7 Å². The lowest BCUT2D eigenvalue weighted by molar-refractivity contribution is -0.121. The minimum absolute atomic E-state index is 0.0969. The van der Waals surface area contributed by atoms with E-state index < -0.39 is 11.9 Å². The van der Waals surface area contributed by atoms with Crippen molar-refractivity contribution < 1.29 is 9.18 Å². The lowest BCUT2D eigenvalue weighted by Crippen LogP contribution is -2.39. The third kappa shape index (κ3) is 4.38. The minimum Gasteiger partial charge on any atom is -0.356 e. The first-order valence-electron chi connectivity index (χ1n) is 5.65. The Bertz CT molecular complexity index is 382. The fraction of sp³-hybridized carbons (Fsp3) is 0.500. The van der Waals surface area contributed by atoms with Gasteiger partial charge in [0.1, 0.15) is 6.04 Å². The molecule has 0 aromatic carbocycles. The van der Waals surface area contributed by atoms with E-state index in [9.17, 15) is 9.18 Å². The highest BCUT2D eigenvalue weighted by Gasteiger charge is 2.14. The molecule has 2 N–H and O–H groups in total. The summed E-state index contributed by atoms with van der Waals surface area (Å²) >= 11 is 0. The number of nitrogens with zero attached hydrogens (tertiary/aromatic N) is 1. The van der Waals surface area contributed by atoms with E-state index in [2.05, 4.69) is 15.6 Å². The molecule has 1 atom stereocenters. The maximum Gasteiger partial charge on any atom is 0.242 e. The van der Waals surface area contributed by atoms with Crippen LogP contribution in [0.3, 0.4) is 0 Å². The molecule has 0 saturated heterocycles. The zero-order valence-corrected chi connectivity index (χ0v) is 10.3. The van der Waals surface area contributed by atoms with Gasteiger partial charge < -0.3 is 10.6 Å². The lowest BCUT2D eigenvalue weighted by Gasteiger charge is -2.15. The van der Waals surface area contributed by atoms with E-state index >= 15 is 0 Å². The average molecular weight is 239 g/mol. The molecule has 17 heavy (non-hydrogen) atoms. The van der Waals surface area contributed by atoms with E-state index in [1.165, 1.54) is 18.3 Å². The Morgan fingerprint density at radius 3 is 2.76 bits per heavy atom. The number of nitrogens with one attached hydrogen (secondary N) is 2. The van der Waals surface area contributed by atoms with Gasteiger partial charge in [0.2, 0.25) is 5.91 Å². The van der Waals surface area contributed by atoms with Crippen LogP contribution in [0, 0.1) is 11.7 Å². The van der Waals surface area contributed by atoms with Crippen LogP contribution < -0.4 is 10.6 Å². The molecule has 1 aromatic heterocycles. The van der Waals surface area contributed by atoms with E-state index in [1.54, 1.807) is 6.92 Å². The predicted molar refractivity (Wildman–Crippen MR) is 65.1 cm³/mol. The van der Waals surface area contributed by atoms with Crippen molar-refractivity contribution in [1.29, 1.82) is 0 Å². The highest BCUT2D eigenvalue weighted by atomic mass is 19.1. The smallest absolute Gasteiger partial charge is 0.242 e. The van der Waals surface area contributed by atoms with Crippen LogP contribution in [0.1, 0.15) is 20.8 Å². The van der Waals surface area contributed by atoms with Gasteiger partial charge in [-0.1, -0.05) is 13.8 Å². The number of halogens is 1. The Morgan fingerprint density at radius 2 is 2.18 bits per heavy atom. The summed E-state index contributed by atoms with van der Waals surface area (Å²) in [7, 11) is 0. The first-order valence-corrected chi connectivity index (χ1v) is 5.65. The number of anilines is 1. The van der Waals surface area contributed by atoms with Gasteiger partial charge >= 0.3 is 0 Å². The first kappa shape index (κ1) is 13.4. The van der Waals surface area contributed by atoms with Crippen LogP contribution in [0.2, 0.25) is 0 Å². The zero-order chi connectivity index (χ0) is 12.8. The summed E-state index contributed by atoms with van der Waals surface area (Å²) in [5.74, 6) is -0.141. The summed E-state index contributed by atoms with van der Waals surface area (Å²) in [4.78, 5) is 15.5. The van der Waals surface area contributed by atoms with E-state index in [-0.39, 0.29) is 11.7 Å². The van der Waals surface area contributed by atoms with Crippen LogP contribution in [0.4, 0.5) is 10.2 Å². The lowest BCUT2D eigenvalue weighted by atomic mass is 10.2. The minimum atomic E-state index is -0.516. The molecule has 0 aliphatic heterocycles. The van der Waals surface area contributed by atoms with Crippen LogP contribution >= 0.6 is 0 Å². The van der Waals surface area contributed by atoms with Crippen LogP contribution in [0.25, 0.3) is 0 Å². The van der Waals surface area contributed by atoms with Crippen LogP contribution in [-0.2, 0) is 4.79 Å². The second kappa shape index (κ2) is 6.18. The molecule has 0 aliphatic rings. The molecular weight excluding hydrogens is 221 g/mol. The molecule has 0 fully saturated rings. The number of rotatable bonds is 5. The zero-order valence-electron chi connectivity index (χ0n) is 10.3. The van der Waals surface area contributed by atoms with Crippen LogP contribution in [0.5, 0.6) is 0 Å². The Balaban J connectivity index is 2.51. The number of carbonyl (C=O) groups is 1. The van der Waals surface area contributed by atoms with Crippen molar-refractivity contribution in [3.63, 3.8) is 0 Å². The van der Waals surface area contributed by atoms with E-state index in [0.29, 0.717) is 12.5 Å². The molecule has 5 heteroatoms. The summed E-state index contributed by atoms with van der Waals surface area (Å²) in [6, 6.07) is 2.29. The quantitative estimate of drug-likeness (QED) is 0.823. The molecule has 1 unspecified atom stereocenters. The average Bonchev–Trinajstić information content (AvgIpc) is 2.28. The summed E-state index contributed by atoms with van der Waals surface area (Å²) in [5, 5.41) is 5.51. The van der Waals surface area contributed by atoms with Gasteiger partial charge in [-0.25, -0.2) is 9.37 Å². The number of amides is 1. The fourth-order valence-corrected chi connectivity index (χ4v) is 1.22. The molecule has 0 radical (unpaired) electrons. The van der Waals surface area contributed by atoms with Gasteiger partial charge in [0, 0.05) is 12.7 Å². The van der Waals surface area contributed by atoms with Gasteiger partial charge in [-0.15, -0.1) is 0 Å². The predicted octanol–water partition coefficient (Wildman–Crippen LogP) is 1.79. The molecule has 0 bridgehead atoms. The molecule has 1 amide bonds. The third-order valence-corrected chi connectivity index (χ3v) is 2.19. The Morgan fingerprint density at radius 1 is 1.47 bits per heavy atom. The van der Waals surface area contributed by atoms with Gasteiger partial charge in [0.05, 0.1) is 0 Å². The second-order valence-electron chi connectivity index (χ2n) is 4.34. The molecule has 1 aromatic rings. The Hall–Kier alpha value is -1.65. The standard InChI is InChI=1S/C12H18FN3O/c1-8(2)7-15-12(17)9(3)16-11-10(13)5-4-6-14-11/h4-6,8-9H,7H2,1-3H3,(H,14,16)(H,15,17). The van der Waals surface area contributed by atoms with Gasteiger partial charge in [0.15, 0.2) is 11.6 Å². The molecule has 1 rings (SSSR count). The largest absolute Gasteiger partial charge is 0.356 e. The van der Waals surface area contributed by atoms with Gasteiger partial charge in [-0.05, 0) is 25.0 Å². The van der Waals surface area contributed by atoms with Crippen molar-refractivity contribution in [2.45, 2.75) is 26.8 Å². The normalized spacial score (nSPS) is 12.3. The number of aromatic nitrogens is 1. The van der Waals surface area contributed by atoms with Gasteiger partial charge in [-0.3, -0.25) is 4.79 Å². The molecular formula is C12H18FN3O. The van der Waals surface area contributed by atoms with Crippen molar-refractivity contribution in [2.24, 2.45) is 5.92 Å². The molecule has 1 heterocycles. The third-order valence-electron chi connectivity index (χ3n) is 2.19. The fourth-order valence-electron chi connectivity index (χ4n) is 1.22. The highest BCUT2D eigenvalue weighted by Crippen LogP contribution is 2.09. The van der Waals surface area contributed by atoms with Crippen LogP contribution in [0.15, 0.2) is 18.3 Å². The van der Waals surface area contributed by atoms with Crippen LogP contribution in [-0.4, -0.2) is 23.5 Å². The van der Waals surface area contributed by atoms with Crippen molar-refractivity contribution in [2.75, 3.05) is 11.9 Å². The van der Waals surface area contributed by atoms with E-state index in [1.807, 2.05) is 13.8 Å². The summed E-state index contributed by atoms with van der Waals surface area (Å²) in [6.45, 7) is 6.30. The molecule has 0 aliphatic carbocycles. The number of pyridine rings is 1. The summed E-state index contributed by atoms with van der Waals surface area (Å²) in [6.07, 6.45) is 1.48. The van der Waals surface area contributed by atoms with Gasteiger partial charge in [0.25, 0.3) is 0 Å². The summed E-state index contributed by atoms with van der Waals surface area (Å²) in [5.41, 5.74) is 0. The molecule has 0 saturated carbocycles. The SMILES string of the molecule is CC(C)CNC(=O)C(C)Nc1ncccc1F. The monoisotopic (exact) mass is 239 g/mol. The van der Waals surface area contributed by atoms with E-state index in [0.717, 1.165) is 0 Å². The van der Waals surface area contributed by atoms with Crippen molar-refractivity contribution in [1.82, 2.24) is 10.3 Å². The molecule has 4 nitrogen and oxygen atoms in total. The topological polar surface area (TPSA) is 54.0 Å². The number of hydrogen-bond acceptors (Lipinski definition) is 3. The first-order chi connectivity index (χ1) is 8.00. The number of carbonyl (C=O) groups excluding carboxylic acids is 1.